The second-order valence-electron chi connectivity index (χ2n) is 3.64. The highest BCUT2D eigenvalue weighted by atomic mass is 16.6. The normalized spacial score (nSPS) is 27.0. The molecule has 1 heterocycles. The van der Waals surface area contributed by atoms with Crippen molar-refractivity contribution in [2.24, 2.45) is 5.73 Å². The third-order valence-electron chi connectivity index (χ3n) is 2.26. The van der Waals surface area contributed by atoms with Gasteiger partial charge in [0.25, 0.3) is 0 Å². The van der Waals surface area contributed by atoms with Crippen molar-refractivity contribution in [2.75, 3.05) is 66.0 Å². The molecule has 1 saturated heterocycles. The number of hydrogen-bond acceptors (Lipinski definition) is 6. The van der Waals surface area contributed by atoms with Crippen LogP contribution in [0.1, 0.15) is 0 Å². The van der Waals surface area contributed by atoms with Crippen molar-refractivity contribution < 1.29 is 23.7 Å². The zero-order valence-corrected chi connectivity index (χ0v) is 10.3. The maximum atomic E-state index is 5.57. The van der Waals surface area contributed by atoms with Crippen LogP contribution in [0.2, 0.25) is 0 Å². The number of nitrogens with two attached hydrogens (primary N) is 1. The summed E-state index contributed by atoms with van der Waals surface area (Å²) in [6, 6.07) is 0. The minimum absolute atomic E-state index is 0.0695. The van der Waals surface area contributed by atoms with Gasteiger partial charge in [-0.3, -0.25) is 0 Å². The molecule has 6 nitrogen and oxygen atoms in total. The molecule has 1 fully saturated rings. The van der Waals surface area contributed by atoms with E-state index in [4.69, 9.17) is 29.4 Å². The first-order valence-electron chi connectivity index (χ1n) is 6.06. The van der Waals surface area contributed by atoms with Crippen molar-refractivity contribution in [3.05, 3.63) is 0 Å². The molecule has 0 aromatic rings. The van der Waals surface area contributed by atoms with Gasteiger partial charge in [0.15, 0.2) is 0 Å². The summed E-state index contributed by atoms with van der Waals surface area (Å²) in [7, 11) is 0. The fourth-order valence-corrected chi connectivity index (χ4v) is 1.33. The van der Waals surface area contributed by atoms with Gasteiger partial charge in [-0.15, -0.1) is 0 Å². The largest absolute Gasteiger partial charge is 0.377 e. The fourth-order valence-electron chi connectivity index (χ4n) is 1.33. The molecule has 1 aliphatic heterocycles. The van der Waals surface area contributed by atoms with Crippen LogP contribution in [0.15, 0.2) is 0 Å². The summed E-state index contributed by atoms with van der Waals surface area (Å²) >= 11 is 0. The van der Waals surface area contributed by atoms with Crippen molar-refractivity contribution in [3.8, 4) is 0 Å². The Morgan fingerprint density at radius 1 is 0.706 bits per heavy atom. The molecule has 0 bridgehead atoms. The van der Waals surface area contributed by atoms with Crippen molar-refractivity contribution in [1.29, 1.82) is 0 Å². The highest BCUT2D eigenvalue weighted by Crippen LogP contribution is 1.93. The van der Waals surface area contributed by atoms with E-state index >= 15 is 0 Å². The lowest BCUT2D eigenvalue weighted by atomic mass is 10.4. The van der Waals surface area contributed by atoms with Crippen LogP contribution < -0.4 is 5.73 Å². The van der Waals surface area contributed by atoms with E-state index in [0.717, 1.165) is 0 Å². The minimum Gasteiger partial charge on any atom is -0.377 e. The first-order chi connectivity index (χ1) is 8.43. The van der Waals surface area contributed by atoms with Crippen molar-refractivity contribution in [1.82, 2.24) is 0 Å². The number of ether oxygens (including phenoxy) is 5. The Hall–Kier alpha value is -0.240. The Balaban J connectivity index is 2.16. The van der Waals surface area contributed by atoms with Gasteiger partial charge in [0.2, 0.25) is 0 Å². The van der Waals surface area contributed by atoms with E-state index in [1.165, 1.54) is 0 Å². The van der Waals surface area contributed by atoms with Crippen LogP contribution in [-0.4, -0.2) is 72.1 Å². The van der Waals surface area contributed by atoms with E-state index in [-0.39, 0.29) is 6.10 Å². The molecule has 102 valence electrons. The Labute approximate surface area is 102 Å². The van der Waals surface area contributed by atoms with Gasteiger partial charge in [0.1, 0.15) is 0 Å². The van der Waals surface area contributed by atoms with Gasteiger partial charge in [0, 0.05) is 6.54 Å². The maximum absolute atomic E-state index is 5.57. The average Bonchev–Trinajstić information content (AvgIpc) is 2.36. The summed E-state index contributed by atoms with van der Waals surface area (Å²) in [5.74, 6) is 0. The molecule has 2 N–H and O–H groups in total. The first kappa shape index (κ1) is 14.8. The molecular formula is C11H23NO5. The second-order valence-corrected chi connectivity index (χ2v) is 3.64. The lowest BCUT2D eigenvalue weighted by Crippen LogP contribution is -2.30. The van der Waals surface area contributed by atoms with E-state index in [9.17, 15) is 0 Å². The third-order valence-corrected chi connectivity index (χ3v) is 2.26. The van der Waals surface area contributed by atoms with Crippen molar-refractivity contribution in [3.63, 3.8) is 0 Å². The van der Waals surface area contributed by atoms with Crippen LogP contribution in [0.3, 0.4) is 0 Å². The summed E-state index contributed by atoms with van der Waals surface area (Å²) in [5.41, 5.74) is 5.57. The van der Waals surface area contributed by atoms with Gasteiger partial charge in [-0.1, -0.05) is 0 Å². The molecule has 1 aliphatic rings. The Morgan fingerprint density at radius 3 is 1.71 bits per heavy atom. The predicted molar refractivity (Wildman–Crippen MR) is 62.1 cm³/mol. The summed E-state index contributed by atoms with van der Waals surface area (Å²) in [5, 5.41) is 0. The molecule has 1 atom stereocenters. The molecule has 0 aromatic heterocycles. The van der Waals surface area contributed by atoms with Gasteiger partial charge in [-0.05, 0) is 0 Å². The van der Waals surface area contributed by atoms with Gasteiger partial charge in [-0.2, -0.15) is 0 Å². The maximum Gasteiger partial charge on any atom is 0.0931 e. The van der Waals surface area contributed by atoms with Gasteiger partial charge >= 0.3 is 0 Å². The summed E-state index contributed by atoms with van der Waals surface area (Å²) in [6.07, 6.45) is -0.0695. The molecular weight excluding hydrogens is 226 g/mol. The smallest absolute Gasteiger partial charge is 0.0931 e. The molecule has 0 unspecified atom stereocenters. The zero-order valence-electron chi connectivity index (χ0n) is 10.3. The van der Waals surface area contributed by atoms with Crippen LogP contribution in [0.5, 0.6) is 0 Å². The molecule has 1 rings (SSSR count). The van der Waals surface area contributed by atoms with Gasteiger partial charge in [0.05, 0.1) is 65.6 Å². The molecule has 0 radical (unpaired) electrons. The van der Waals surface area contributed by atoms with Crippen molar-refractivity contribution >= 4 is 0 Å². The van der Waals surface area contributed by atoms with Gasteiger partial charge in [-0.25, -0.2) is 0 Å². The van der Waals surface area contributed by atoms with E-state index in [1.54, 1.807) is 0 Å². The fraction of sp³-hybridized carbons (Fsp3) is 1.00. The first-order valence-corrected chi connectivity index (χ1v) is 6.06. The molecule has 0 saturated carbocycles. The quantitative estimate of drug-likeness (QED) is 0.670. The highest BCUT2D eigenvalue weighted by Gasteiger charge is 2.07. The molecule has 17 heavy (non-hydrogen) atoms. The Bertz CT molecular complexity index is 154. The zero-order chi connectivity index (χ0) is 12.2. The van der Waals surface area contributed by atoms with Crippen LogP contribution in [0.25, 0.3) is 0 Å². The average molecular weight is 249 g/mol. The third kappa shape index (κ3) is 8.48. The lowest BCUT2D eigenvalue weighted by molar-refractivity contribution is -0.0415. The SMILES string of the molecule is NC[C@H]1COCCOCCOCCOCCO1. The molecule has 6 heteroatoms. The number of hydrogen-bond donors (Lipinski definition) is 1. The van der Waals surface area contributed by atoms with Crippen molar-refractivity contribution in [2.45, 2.75) is 6.10 Å². The highest BCUT2D eigenvalue weighted by molar-refractivity contribution is 4.57. The second kappa shape index (κ2) is 10.9. The Kier molecular flexibility index (Phi) is 9.49. The topological polar surface area (TPSA) is 72.2 Å². The Morgan fingerprint density at radius 2 is 1.18 bits per heavy atom. The predicted octanol–water partition coefficient (Wildman–Crippen LogP) is -0.590. The molecule has 0 aromatic carbocycles. The summed E-state index contributed by atoms with van der Waals surface area (Å²) < 4.78 is 26.9. The van der Waals surface area contributed by atoms with E-state index < -0.39 is 0 Å². The monoisotopic (exact) mass is 249 g/mol. The lowest BCUT2D eigenvalue weighted by Gasteiger charge is -2.16. The molecule has 0 spiro atoms. The summed E-state index contributed by atoms with van der Waals surface area (Å²) in [4.78, 5) is 0. The van der Waals surface area contributed by atoms with Gasteiger partial charge < -0.3 is 29.4 Å². The van der Waals surface area contributed by atoms with Crippen LogP contribution in [0, 0.1) is 0 Å². The van der Waals surface area contributed by atoms with E-state index in [1.807, 2.05) is 0 Å². The van der Waals surface area contributed by atoms with E-state index in [2.05, 4.69) is 0 Å². The van der Waals surface area contributed by atoms with Crippen LogP contribution in [0.4, 0.5) is 0 Å². The standard InChI is InChI=1S/C11H23NO5/c12-9-11-10-16-6-5-14-2-1-13-3-4-15-7-8-17-11/h11H,1-10,12H2/t11-/m0/s1. The number of rotatable bonds is 1. The minimum atomic E-state index is -0.0695. The molecule has 0 aliphatic carbocycles. The van der Waals surface area contributed by atoms with E-state index in [0.29, 0.717) is 66.0 Å². The van der Waals surface area contributed by atoms with Crippen LogP contribution >= 0.6 is 0 Å². The summed E-state index contributed by atoms with van der Waals surface area (Å²) in [6.45, 7) is 5.48. The molecule has 0 amide bonds. The van der Waals surface area contributed by atoms with Crippen LogP contribution in [-0.2, 0) is 23.7 Å².